The monoisotopic (exact) mass is 1010 g/mol. The molecule has 0 N–H and O–H groups in total. The summed E-state index contributed by atoms with van der Waals surface area (Å²) in [7, 11) is 0. The van der Waals surface area contributed by atoms with E-state index in [1.54, 1.807) is 6.08 Å². The highest BCUT2D eigenvalue weighted by Gasteiger charge is 2.19. The van der Waals surface area contributed by atoms with Gasteiger partial charge in [0.25, 0.3) is 0 Å². The van der Waals surface area contributed by atoms with Crippen LogP contribution in [0.2, 0.25) is 0 Å². The number of hydrogen-bond acceptors (Lipinski definition) is 6. The highest BCUT2D eigenvalue weighted by atomic mass is 16.6. The maximum absolute atomic E-state index is 12.8. The van der Waals surface area contributed by atoms with E-state index >= 15 is 0 Å². The van der Waals surface area contributed by atoms with Crippen LogP contribution in [0.4, 0.5) is 0 Å². The van der Waals surface area contributed by atoms with Crippen LogP contribution in [0.15, 0.2) is 146 Å². The van der Waals surface area contributed by atoms with Gasteiger partial charge in [0, 0.05) is 12.8 Å². The molecule has 73 heavy (non-hydrogen) atoms. The van der Waals surface area contributed by atoms with Crippen molar-refractivity contribution in [2.45, 2.75) is 245 Å². The number of ether oxygens (including phenoxy) is 3. The summed E-state index contributed by atoms with van der Waals surface area (Å²) >= 11 is 0. The summed E-state index contributed by atoms with van der Waals surface area (Å²) in [5, 5.41) is 0. The topological polar surface area (TPSA) is 78.9 Å². The number of rotatable bonds is 51. The van der Waals surface area contributed by atoms with Crippen molar-refractivity contribution < 1.29 is 28.6 Å². The quantitative estimate of drug-likeness (QED) is 0.0261. The van der Waals surface area contributed by atoms with Crippen LogP contribution in [0.1, 0.15) is 239 Å². The van der Waals surface area contributed by atoms with E-state index in [2.05, 4.69) is 154 Å². The van der Waals surface area contributed by atoms with Crippen LogP contribution in [0.25, 0.3) is 0 Å². The van der Waals surface area contributed by atoms with Crippen molar-refractivity contribution in [3.8, 4) is 0 Å². The molecule has 0 saturated heterocycles. The molecule has 0 saturated carbocycles. The van der Waals surface area contributed by atoms with E-state index < -0.39 is 18.0 Å². The van der Waals surface area contributed by atoms with Crippen molar-refractivity contribution >= 4 is 17.9 Å². The fourth-order valence-electron chi connectivity index (χ4n) is 7.52. The van der Waals surface area contributed by atoms with E-state index in [4.69, 9.17) is 14.2 Å². The van der Waals surface area contributed by atoms with Gasteiger partial charge in [0.1, 0.15) is 13.2 Å². The fraction of sp³-hybridized carbons (Fsp3) is 0.597. The summed E-state index contributed by atoms with van der Waals surface area (Å²) in [5.41, 5.74) is 0. The number of allylic oxidation sites excluding steroid dienone is 23. The lowest BCUT2D eigenvalue weighted by Crippen LogP contribution is -2.30. The molecule has 0 rings (SSSR count). The zero-order valence-electron chi connectivity index (χ0n) is 46.8. The number of esters is 3. The van der Waals surface area contributed by atoms with Gasteiger partial charge in [0.2, 0.25) is 0 Å². The van der Waals surface area contributed by atoms with Crippen molar-refractivity contribution in [3.05, 3.63) is 146 Å². The molecule has 0 radical (unpaired) electrons. The third-order valence-electron chi connectivity index (χ3n) is 11.8. The van der Waals surface area contributed by atoms with Crippen molar-refractivity contribution in [1.29, 1.82) is 0 Å². The highest BCUT2D eigenvalue weighted by Crippen LogP contribution is 2.14. The smallest absolute Gasteiger partial charge is 0.309 e. The Kier molecular flexibility index (Phi) is 56.0. The molecular formula is C67H106O6. The average Bonchev–Trinajstić information content (AvgIpc) is 3.39. The zero-order chi connectivity index (χ0) is 52.9. The SMILES string of the molecule is CC/C=C\C/C=C\C/C=C\C/C=C\C/C=C\CCCC(=O)OC(COC(=O)C/C=C\C/C=C\C/C=C\C/C=C\C/C=C\CC)COC(=O)CCCCCCCCCCCCC/C=C\C/C=C\CCCCCCC. The third-order valence-corrected chi connectivity index (χ3v) is 11.8. The Hall–Kier alpha value is -4.71. The fourth-order valence-corrected chi connectivity index (χ4v) is 7.52. The molecule has 0 aliphatic heterocycles. The van der Waals surface area contributed by atoms with Crippen molar-refractivity contribution in [2.75, 3.05) is 13.2 Å². The van der Waals surface area contributed by atoms with Crippen LogP contribution in [-0.2, 0) is 28.6 Å². The normalized spacial score (nSPS) is 13.2. The third kappa shape index (κ3) is 58.1. The predicted molar refractivity (Wildman–Crippen MR) is 315 cm³/mol. The van der Waals surface area contributed by atoms with Crippen LogP contribution in [-0.4, -0.2) is 37.2 Å². The first-order chi connectivity index (χ1) is 36.0. The standard InChI is InChI=1S/C67H106O6/c1-4-7-10-13-16-19-22-25-28-30-31-32-33-34-35-37-39-42-45-48-51-54-57-60-66(69)72-63-64(62-71-65(68)59-56-53-50-47-44-41-38-27-24-21-18-15-12-9-6-3)73-67(70)61-58-55-52-49-46-43-40-36-29-26-23-20-17-14-11-8-5-2/h8-9,11-12,17-18,20-22,25-27,29-31,38,40,43-44,47,49,52-53,56,64H,4-7,10,13-16,19,23-24,28,32-37,39,41-42,45-46,48,50-51,54-55,57-63H2,1-3H3/b11-8-,12-9-,20-17-,21-18-,25-22-,29-26-,31-30-,38-27-,43-40-,47-44-,52-49-,56-53-. The maximum Gasteiger partial charge on any atom is 0.309 e. The summed E-state index contributed by atoms with van der Waals surface area (Å²) in [4.78, 5) is 38.1. The molecule has 6 nitrogen and oxygen atoms in total. The number of carbonyl (C=O) groups is 3. The molecule has 0 aromatic heterocycles. The van der Waals surface area contributed by atoms with Crippen LogP contribution in [0.3, 0.4) is 0 Å². The Balaban J connectivity index is 4.53. The van der Waals surface area contributed by atoms with E-state index in [1.165, 1.54) is 96.3 Å². The Labute approximate surface area is 448 Å². The van der Waals surface area contributed by atoms with Gasteiger partial charge in [-0.3, -0.25) is 14.4 Å². The Morgan fingerprint density at radius 1 is 0.301 bits per heavy atom. The summed E-state index contributed by atoms with van der Waals surface area (Å²) in [6, 6.07) is 0. The second-order valence-electron chi connectivity index (χ2n) is 18.8. The van der Waals surface area contributed by atoms with Crippen LogP contribution >= 0.6 is 0 Å². The van der Waals surface area contributed by atoms with Gasteiger partial charge in [-0.15, -0.1) is 0 Å². The van der Waals surface area contributed by atoms with Crippen LogP contribution < -0.4 is 0 Å². The second kappa shape index (κ2) is 59.8. The molecule has 1 unspecified atom stereocenters. The molecule has 0 spiro atoms. The van der Waals surface area contributed by atoms with Crippen LogP contribution in [0, 0.1) is 0 Å². The van der Waals surface area contributed by atoms with Crippen molar-refractivity contribution in [3.63, 3.8) is 0 Å². The molecule has 0 aromatic rings. The van der Waals surface area contributed by atoms with E-state index in [0.29, 0.717) is 12.8 Å². The Morgan fingerprint density at radius 2 is 0.603 bits per heavy atom. The predicted octanol–water partition coefficient (Wildman–Crippen LogP) is 20.0. The van der Waals surface area contributed by atoms with Crippen LogP contribution in [0.5, 0.6) is 0 Å². The maximum atomic E-state index is 12.8. The second-order valence-corrected chi connectivity index (χ2v) is 18.8. The summed E-state index contributed by atoms with van der Waals surface area (Å²) in [5.74, 6) is -1.14. The van der Waals surface area contributed by atoms with E-state index in [9.17, 15) is 14.4 Å². The number of hydrogen-bond donors (Lipinski definition) is 0. The van der Waals surface area contributed by atoms with E-state index in [-0.39, 0.29) is 32.0 Å². The molecule has 0 fully saturated rings. The molecular weight excluding hydrogens is 901 g/mol. The first kappa shape index (κ1) is 68.3. The number of carbonyl (C=O) groups excluding carboxylic acids is 3. The average molecular weight is 1010 g/mol. The van der Waals surface area contributed by atoms with Gasteiger partial charge >= 0.3 is 17.9 Å². The molecule has 0 aliphatic rings. The van der Waals surface area contributed by atoms with Gasteiger partial charge in [-0.2, -0.15) is 0 Å². The minimum Gasteiger partial charge on any atom is -0.462 e. The molecule has 1 atom stereocenters. The minimum atomic E-state index is -0.855. The molecule has 6 heteroatoms. The first-order valence-electron chi connectivity index (χ1n) is 29.3. The lowest BCUT2D eigenvalue weighted by Gasteiger charge is -2.18. The molecule has 0 heterocycles. The summed E-state index contributed by atoms with van der Waals surface area (Å²) in [6.45, 7) is 6.26. The molecule has 410 valence electrons. The van der Waals surface area contributed by atoms with Crippen molar-refractivity contribution in [1.82, 2.24) is 0 Å². The van der Waals surface area contributed by atoms with E-state index in [0.717, 1.165) is 96.3 Å². The van der Waals surface area contributed by atoms with Gasteiger partial charge < -0.3 is 14.2 Å². The van der Waals surface area contributed by atoms with Gasteiger partial charge in [-0.05, 0) is 116 Å². The highest BCUT2D eigenvalue weighted by molar-refractivity contribution is 5.72. The zero-order valence-corrected chi connectivity index (χ0v) is 46.8. The molecule has 0 bridgehead atoms. The largest absolute Gasteiger partial charge is 0.462 e. The van der Waals surface area contributed by atoms with Gasteiger partial charge in [0.15, 0.2) is 6.10 Å². The van der Waals surface area contributed by atoms with Gasteiger partial charge in [0.05, 0.1) is 6.42 Å². The minimum absolute atomic E-state index is 0.108. The first-order valence-corrected chi connectivity index (χ1v) is 29.3. The summed E-state index contributed by atoms with van der Waals surface area (Å²) in [6.07, 6.45) is 85.9. The molecule has 0 aliphatic carbocycles. The number of unbranched alkanes of at least 4 members (excludes halogenated alkanes) is 17. The van der Waals surface area contributed by atoms with Crippen molar-refractivity contribution in [2.24, 2.45) is 0 Å². The van der Waals surface area contributed by atoms with E-state index in [1.807, 2.05) is 6.08 Å². The summed E-state index contributed by atoms with van der Waals surface area (Å²) < 4.78 is 16.7. The Bertz CT molecular complexity index is 1630. The van der Waals surface area contributed by atoms with Gasteiger partial charge in [-0.1, -0.05) is 250 Å². The molecule has 0 aromatic carbocycles. The Morgan fingerprint density at radius 3 is 1.00 bits per heavy atom. The lowest BCUT2D eigenvalue weighted by molar-refractivity contribution is -0.166. The van der Waals surface area contributed by atoms with Gasteiger partial charge in [-0.25, -0.2) is 0 Å². The molecule has 0 amide bonds. The lowest BCUT2D eigenvalue weighted by atomic mass is 10.0.